The molecule has 0 aliphatic carbocycles. The van der Waals surface area contributed by atoms with Gasteiger partial charge >= 0.3 is 0 Å². The number of nitrogens with one attached hydrogen (secondary N) is 1. The van der Waals surface area contributed by atoms with Gasteiger partial charge in [0.05, 0.1) is 23.5 Å². The van der Waals surface area contributed by atoms with Crippen molar-refractivity contribution in [2.75, 3.05) is 0 Å². The Kier molecular flexibility index (Phi) is 9.04. The number of hydrogen-bond donors (Lipinski definition) is 2. The largest absolute Gasteiger partial charge is 0.348 e. The van der Waals surface area contributed by atoms with Gasteiger partial charge in [0.25, 0.3) is 0 Å². The van der Waals surface area contributed by atoms with E-state index in [0.29, 0.717) is 6.42 Å². The van der Waals surface area contributed by atoms with Crippen molar-refractivity contribution >= 4 is 30.7 Å². The van der Waals surface area contributed by atoms with Gasteiger partial charge in [-0.3, -0.25) is 4.79 Å². The Balaban J connectivity index is 0.00000264. The van der Waals surface area contributed by atoms with Gasteiger partial charge < -0.3 is 11.1 Å². The van der Waals surface area contributed by atoms with E-state index in [-0.39, 0.29) is 36.8 Å². The number of carbonyl (C=O) groups is 1. The molecular weight excluding hydrogens is 347 g/mol. The standard InChI is InChI=1S/C17H24N4O.2ClH/c1-5-16(18)17(22)19-13(4)14-6-8-15(9-7-14)21-12(3)10-11(2)20-21;;/h6-10,13,16H,5,18H2,1-4H3,(H,19,22);2*1H/t13?,16-;;/m0../s1. The number of rotatable bonds is 5. The maximum Gasteiger partial charge on any atom is 0.237 e. The van der Waals surface area contributed by atoms with Crippen molar-refractivity contribution in [3.63, 3.8) is 0 Å². The molecule has 1 amide bonds. The van der Waals surface area contributed by atoms with Crippen molar-refractivity contribution in [2.24, 2.45) is 5.73 Å². The number of amides is 1. The van der Waals surface area contributed by atoms with Crippen LogP contribution in [-0.4, -0.2) is 21.7 Å². The molecule has 0 saturated heterocycles. The first-order chi connectivity index (χ1) is 10.4. The average Bonchev–Trinajstić information content (AvgIpc) is 2.85. The van der Waals surface area contributed by atoms with Crippen LogP contribution >= 0.6 is 24.8 Å². The zero-order valence-electron chi connectivity index (χ0n) is 14.4. The second kappa shape index (κ2) is 9.67. The van der Waals surface area contributed by atoms with Crippen LogP contribution in [0, 0.1) is 13.8 Å². The Morgan fingerprint density at radius 1 is 1.25 bits per heavy atom. The molecule has 0 saturated carbocycles. The average molecular weight is 373 g/mol. The highest BCUT2D eigenvalue weighted by Crippen LogP contribution is 2.17. The number of nitrogens with zero attached hydrogens (tertiary/aromatic N) is 2. The second-order valence-corrected chi connectivity index (χ2v) is 5.68. The van der Waals surface area contributed by atoms with Crippen molar-refractivity contribution in [1.29, 1.82) is 0 Å². The van der Waals surface area contributed by atoms with E-state index < -0.39 is 6.04 Å². The van der Waals surface area contributed by atoms with Crippen molar-refractivity contribution in [3.8, 4) is 5.69 Å². The highest BCUT2D eigenvalue weighted by molar-refractivity contribution is 5.85. The van der Waals surface area contributed by atoms with Gasteiger partial charge in [0.1, 0.15) is 0 Å². The first-order valence-electron chi connectivity index (χ1n) is 7.62. The summed E-state index contributed by atoms with van der Waals surface area (Å²) in [6, 6.07) is 9.57. The first kappa shape index (κ1) is 22.4. The number of hydrogen-bond acceptors (Lipinski definition) is 3. The molecule has 1 aromatic carbocycles. The molecule has 134 valence electrons. The van der Waals surface area contributed by atoms with Crippen molar-refractivity contribution in [1.82, 2.24) is 15.1 Å². The number of aryl methyl sites for hydroxylation is 2. The number of halogens is 2. The van der Waals surface area contributed by atoms with Gasteiger partial charge in [-0.15, -0.1) is 24.8 Å². The molecule has 1 aromatic heterocycles. The van der Waals surface area contributed by atoms with Crippen LogP contribution in [0.5, 0.6) is 0 Å². The molecule has 0 aliphatic rings. The maximum atomic E-state index is 11.8. The SMILES string of the molecule is CC[C@H](N)C(=O)NC(C)c1ccc(-n2nc(C)cc2C)cc1.Cl.Cl. The smallest absolute Gasteiger partial charge is 0.237 e. The van der Waals surface area contributed by atoms with E-state index in [1.165, 1.54) is 0 Å². The van der Waals surface area contributed by atoms with E-state index in [1.807, 2.05) is 62.7 Å². The van der Waals surface area contributed by atoms with Crippen molar-refractivity contribution in [2.45, 2.75) is 46.2 Å². The third-order valence-electron chi connectivity index (χ3n) is 3.78. The van der Waals surface area contributed by atoms with E-state index >= 15 is 0 Å². The van der Waals surface area contributed by atoms with Crippen LogP contribution in [0.25, 0.3) is 5.69 Å². The third kappa shape index (κ3) is 5.23. The first-order valence-corrected chi connectivity index (χ1v) is 7.62. The summed E-state index contributed by atoms with van der Waals surface area (Å²) in [5.41, 5.74) is 9.89. The molecule has 7 heteroatoms. The Labute approximate surface area is 155 Å². The lowest BCUT2D eigenvalue weighted by Gasteiger charge is -2.17. The van der Waals surface area contributed by atoms with Gasteiger partial charge in [-0.05, 0) is 51.0 Å². The highest BCUT2D eigenvalue weighted by atomic mass is 35.5. The van der Waals surface area contributed by atoms with Gasteiger partial charge in [0.15, 0.2) is 0 Å². The topological polar surface area (TPSA) is 72.9 Å². The van der Waals surface area contributed by atoms with Crippen LogP contribution in [0.1, 0.15) is 43.3 Å². The minimum Gasteiger partial charge on any atom is -0.348 e. The highest BCUT2D eigenvalue weighted by Gasteiger charge is 2.15. The zero-order chi connectivity index (χ0) is 16.3. The predicted molar refractivity (Wildman–Crippen MR) is 102 cm³/mol. The van der Waals surface area contributed by atoms with Gasteiger partial charge in [-0.25, -0.2) is 4.68 Å². The van der Waals surface area contributed by atoms with Crippen LogP contribution in [0.3, 0.4) is 0 Å². The predicted octanol–water partition coefficient (Wildman–Crippen LogP) is 3.25. The lowest BCUT2D eigenvalue weighted by molar-refractivity contribution is -0.123. The summed E-state index contributed by atoms with van der Waals surface area (Å²) in [6.07, 6.45) is 0.634. The monoisotopic (exact) mass is 372 g/mol. The maximum absolute atomic E-state index is 11.8. The molecule has 0 spiro atoms. The molecule has 24 heavy (non-hydrogen) atoms. The van der Waals surface area contributed by atoms with Crippen LogP contribution < -0.4 is 11.1 Å². The summed E-state index contributed by atoms with van der Waals surface area (Å²) in [5, 5.41) is 7.40. The number of benzene rings is 1. The Morgan fingerprint density at radius 2 is 1.83 bits per heavy atom. The van der Waals surface area contributed by atoms with E-state index in [0.717, 1.165) is 22.6 Å². The lowest BCUT2D eigenvalue weighted by Crippen LogP contribution is -2.41. The number of nitrogens with two attached hydrogens (primary N) is 1. The quantitative estimate of drug-likeness (QED) is 0.845. The summed E-state index contributed by atoms with van der Waals surface area (Å²) in [4.78, 5) is 11.8. The van der Waals surface area contributed by atoms with Crippen molar-refractivity contribution in [3.05, 3.63) is 47.3 Å². The molecule has 2 atom stereocenters. The van der Waals surface area contributed by atoms with E-state index in [1.54, 1.807) is 0 Å². The molecule has 2 rings (SSSR count). The zero-order valence-corrected chi connectivity index (χ0v) is 16.1. The fraction of sp³-hybridized carbons (Fsp3) is 0.412. The molecule has 1 unspecified atom stereocenters. The molecule has 0 bridgehead atoms. The summed E-state index contributed by atoms with van der Waals surface area (Å²) in [6.45, 7) is 7.87. The lowest BCUT2D eigenvalue weighted by atomic mass is 10.1. The fourth-order valence-electron chi connectivity index (χ4n) is 2.38. The molecular formula is C17H26Cl2N4O. The van der Waals surface area contributed by atoms with Gasteiger partial charge in [-0.2, -0.15) is 5.10 Å². The molecule has 5 nitrogen and oxygen atoms in total. The molecule has 1 heterocycles. The van der Waals surface area contributed by atoms with Crippen LogP contribution in [-0.2, 0) is 4.79 Å². The second-order valence-electron chi connectivity index (χ2n) is 5.68. The molecule has 3 N–H and O–H groups in total. The van der Waals surface area contributed by atoms with Gasteiger partial charge in [0, 0.05) is 5.69 Å². The van der Waals surface area contributed by atoms with Crippen molar-refractivity contribution < 1.29 is 4.79 Å². The third-order valence-corrected chi connectivity index (χ3v) is 3.78. The summed E-state index contributed by atoms with van der Waals surface area (Å²) in [5.74, 6) is -0.113. The normalized spacial score (nSPS) is 12.5. The van der Waals surface area contributed by atoms with E-state index in [2.05, 4.69) is 10.4 Å². The number of aromatic nitrogens is 2. The Bertz CT molecular complexity index is 655. The molecule has 0 fully saturated rings. The fourth-order valence-corrected chi connectivity index (χ4v) is 2.38. The number of carbonyl (C=O) groups excluding carboxylic acids is 1. The van der Waals surface area contributed by atoms with Crippen LogP contribution in [0.4, 0.5) is 0 Å². The molecule has 0 radical (unpaired) electrons. The summed E-state index contributed by atoms with van der Waals surface area (Å²) >= 11 is 0. The van der Waals surface area contributed by atoms with Crippen LogP contribution in [0.2, 0.25) is 0 Å². The van der Waals surface area contributed by atoms with Crippen LogP contribution in [0.15, 0.2) is 30.3 Å². The minimum absolute atomic E-state index is 0. The summed E-state index contributed by atoms with van der Waals surface area (Å²) in [7, 11) is 0. The van der Waals surface area contributed by atoms with E-state index in [9.17, 15) is 4.79 Å². The van der Waals surface area contributed by atoms with Gasteiger partial charge in [-0.1, -0.05) is 19.1 Å². The van der Waals surface area contributed by atoms with Gasteiger partial charge in [0.2, 0.25) is 5.91 Å². The summed E-state index contributed by atoms with van der Waals surface area (Å²) < 4.78 is 1.91. The molecule has 2 aromatic rings. The van der Waals surface area contributed by atoms with E-state index in [4.69, 9.17) is 5.73 Å². The Hall–Kier alpha value is -1.56. The molecule has 0 aliphatic heterocycles. The minimum atomic E-state index is -0.448. The Morgan fingerprint density at radius 3 is 2.29 bits per heavy atom.